The minimum Gasteiger partial charge on any atom is -0.465 e. The average molecular weight is 197 g/mol. The summed E-state index contributed by atoms with van der Waals surface area (Å²) in [6, 6.07) is 0. The predicted octanol–water partition coefficient (Wildman–Crippen LogP) is 1.64. The van der Waals surface area contributed by atoms with Gasteiger partial charge in [-0.1, -0.05) is 18.9 Å². The lowest BCUT2D eigenvalue weighted by molar-refractivity contribution is -0.150. The lowest BCUT2D eigenvalue weighted by Gasteiger charge is -2.27. The molecule has 3 heteroatoms. The van der Waals surface area contributed by atoms with E-state index in [-0.39, 0.29) is 5.97 Å². The van der Waals surface area contributed by atoms with Crippen LogP contribution in [0.2, 0.25) is 0 Å². The van der Waals surface area contributed by atoms with E-state index in [2.05, 4.69) is 11.9 Å². The molecule has 0 spiro atoms. The van der Waals surface area contributed by atoms with Gasteiger partial charge in [0.15, 0.2) is 0 Å². The van der Waals surface area contributed by atoms with Crippen LogP contribution < -0.4 is 5.32 Å². The van der Waals surface area contributed by atoms with Gasteiger partial charge in [-0.15, -0.1) is 6.58 Å². The molecule has 0 unspecified atom stereocenters. The van der Waals surface area contributed by atoms with Gasteiger partial charge in [-0.2, -0.15) is 0 Å². The third-order valence-electron chi connectivity index (χ3n) is 2.71. The summed E-state index contributed by atoms with van der Waals surface area (Å²) < 4.78 is 5.09. The van der Waals surface area contributed by atoms with Gasteiger partial charge in [-0.25, -0.2) is 0 Å². The van der Waals surface area contributed by atoms with Crippen molar-refractivity contribution in [3.63, 3.8) is 0 Å². The Hall–Kier alpha value is -0.830. The molecule has 1 aliphatic carbocycles. The lowest BCUT2D eigenvalue weighted by Crippen LogP contribution is -2.50. The molecule has 0 aromatic carbocycles. The molecule has 3 nitrogen and oxygen atoms in total. The van der Waals surface area contributed by atoms with Crippen LogP contribution in [0.4, 0.5) is 0 Å². The van der Waals surface area contributed by atoms with E-state index < -0.39 is 5.54 Å². The maximum absolute atomic E-state index is 11.8. The van der Waals surface area contributed by atoms with E-state index in [1.165, 1.54) is 0 Å². The first-order chi connectivity index (χ1) is 6.75. The SMILES string of the molecule is C=CCNC1(C(=O)OCC)CCCC1. The number of carbonyl (C=O) groups is 1. The first-order valence-electron chi connectivity index (χ1n) is 5.28. The highest BCUT2D eigenvalue weighted by Gasteiger charge is 2.41. The summed E-state index contributed by atoms with van der Waals surface area (Å²) in [5.41, 5.74) is -0.426. The van der Waals surface area contributed by atoms with Crippen molar-refractivity contribution in [2.45, 2.75) is 38.1 Å². The van der Waals surface area contributed by atoms with Crippen molar-refractivity contribution in [2.75, 3.05) is 13.2 Å². The molecule has 0 aromatic rings. The topological polar surface area (TPSA) is 38.3 Å². The minimum atomic E-state index is -0.426. The Morgan fingerprint density at radius 2 is 2.21 bits per heavy atom. The molecule has 1 fully saturated rings. The average Bonchev–Trinajstić information content (AvgIpc) is 2.65. The van der Waals surface area contributed by atoms with E-state index in [1.54, 1.807) is 6.08 Å². The van der Waals surface area contributed by atoms with E-state index in [9.17, 15) is 4.79 Å². The summed E-state index contributed by atoms with van der Waals surface area (Å²) in [5, 5.41) is 3.24. The van der Waals surface area contributed by atoms with Gasteiger partial charge in [0.1, 0.15) is 5.54 Å². The zero-order valence-electron chi connectivity index (χ0n) is 8.84. The molecule has 0 saturated heterocycles. The first-order valence-corrected chi connectivity index (χ1v) is 5.28. The van der Waals surface area contributed by atoms with Crippen LogP contribution in [0.3, 0.4) is 0 Å². The van der Waals surface area contributed by atoms with Crippen LogP contribution >= 0.6 is 0 Å². The van der Waals surface area contributed by atoms with Gasteiger partial charge in [0.2, 0.25) is 0 Å². The van der Waals surface area contributed by atoms with E-state index in [1.807, 2.05) is 6.92 Å². The molecule has 80 valence electrons. The second kappa shape index (κ2) is 5.15. The molecule has 0 bridgehead atoms. The zero-order valence-corrected chi connectivity index (χ0v) is 8.84. The highest BCUT2D eigenvalue weighted by atomic mass is 16.5. The Morgan fingerprint density at radius 3 is 2.71 bits per heavy atom. The van der Waals surface area contributed by atoms with Gasteiger partial charge in [0, 0.05) is 6.54 Å². The summed E-state index contributed by atoms with van der Waals surface area (Å²) in [5.74, 6) is -0.0978. The molecule has 14 heavy (non-hydrogen) atoms. The molecule has 0 aromatic heterocycles. The molecule has 0 aliphatic heterocycles. The fourth-order valence-electron chi connectivity index (χ4n) is 1.97. The van der Waals surface area contributed by atoms with Gasteiger partial charge in [-0.3, -0.25) is 10.1 Å². The third kappa shape index (κ3) is 2.35. The molecule has 0 amide bonds. The van der Waals surface area contributed by atoms with E-state index in [4.69, 9.17) is 4.74 Å². The fourth-order valence-corrected chi connectivity index (χ4v) is 1.97. The summed E-state index contributed by atoms with van der Waals surface area (Å²) in [6.07, 6.45) is 5.75. The molecule has 0 atom stereocenters. The van der Waals surface area contributed by atoms with Crippen molar-refractivity contribution >= 4 is 5.97 Å². The summed E-state index contributed by atoms with van der Waals surface area (Å²) in [4.78, 5) is 11.8. The Kier molecular flexibility index (Phi) is 4.14. The van der Waals surface area contributed by atoms with Crippen molar-refractivity contribution in [3.05, 3.63) is 12.7 Å². The van der Waals surface area contributed by atoms with Crippen molar-refractivity contribution < 1.29 is 9.53 Å². The Balaban J connectivity index is 2.60. The summed E-state index contributed by atoms with van der Waals surface area (Å²) in [7, 11) is 0. The van der Waals surface area contributed by atoms with Crippen LogP contribution in [0.15, 0.2) is 12.7 Å². The number of ether oxygens (including phenoxy) is 1. The number of hydrogen-bond acceptors (Lipinski definition) is 3. The molecule has 1 rings (SSSR count). The van der Waals surface area contributed by atoms with Gasteiger partial charge in [0.25, 0.3) is 0 Å². The van der Waals surface area contributed by atoms with Crippen molar-refractivity contribution in [1.29, 1.82) is 0 Å². The van der Waals surface area contributed by atoms with Crippen molar-refractivity contribution in [3.8, 4) is 0 Å². The second-order valence-corrected chi connectivity index (χ2v) is 3.68. The maximum Gasteiger partial charge on any atom is 0.326 e. The fraction of sp³-hybridized carbons (Fsp3) is 0.727. The number of hydrogen-bond donors (Lipinski definition) is 1. The highest BCUT2D eigenvalue weighted by Crippen LogP contribution is 2.30. The number of nitrogens with one attached hydrogen (secondary N) is 1. The molecular weight excluding hydrogens is 178 g/mol. The molecule has 1 N–H and O–H groups in total. The molecule has 0 radical (unpaired) electrons. The molecule has 1 aliphatic rings. The maximum atomic E-state index is 11.8. The van der Waals surface area contributed by atoms with Crippen LogP contribution in [0, 0.1) is 0 Å². The van der Waals surface area contributed by atoms with E-state index in [0.29, 0.717) is 13.2 Å². The smallest absolute Gasteiger partial charge is 0.326 e. The van der Waals surface area contributed by atoms with E-state index in [0.717, 1.165) is 25.7 Å². The van der Waals surface area contributed by atoms with Crippen molar-refractivity contribution in [1.82, 2.24) is 5.32 Å². The third-order valence-corrected chi connectivity index (χ3v) is 2.71. The van der Waals surface area contributed by atoms with E-state index >= 15 is 0 Å². The summed E-state index contributed by atoms with van der Waals surface area (Å²) >= 11 is 0. The molecular formula is C11H19NO2. The Labute approximate surface area is 85.5 Å². The van der Waals surface area contributed by atoms with Crippen LogP contribution in [-0.4, -0.2) is 24.7 Å². The summed E-state index contributed by atoms with van der Waals surface area (Å²) in [6.45, 7) is 6.60. The van der Waals surface area contributed by atoms with Crippen LogP contribution in [0.5, 0.6) is 0 Å². The van der Waals surface area contributed by atoms with Crippen LogP contribution in [-0.2, 0) is 9.53 Å². The largest absolute Gasteiger partial charge is 0.465 e. The quantitative estimate of drug-likeness (QED) is 0.538. The van der Waals surface area contributed by atoms with Crippen LogP contribution in [0.1, 0.15) is 32.6 Å². The normalized spacial score (nSPS) is 19.2. The number of esters is 1. The van der Waals surface area contributed by atoms with Crippen LogP contribution in [0.25, 0.3) is 0 Å². The Morgan fingerprint density at radius 1 is 1.57 bits per heavy atom. The number of carbonyl (C=O) groups excluding carboxylic acids is 1. The number of rotatable bonds is 5. The standard InChI is InChI=1S/C11H19NO2/c1-3-9-12-11(7-5-6-8-11)10(13)14-4-2/h3,12H,1,4-9H2,2H3. The molecule has 0 heterocycles. The van der Waals surface area contributed by atoms with Gasteiger partial charge >= 0.3 is 5.97 Å². The zero-order chi connectivity index (χ0) is 10.4. The second-order valence-electron chi connectivity index (χ2n) is 3.68. The molecule has 1 saturated carbocycles. The van der Waals surface area contributed by atoms with Gasteiger partial charge < -0.3 is 4.74 Å². The Bertz CT molecular complexity index is 207. The van der Waals surface area contributed by atoms with Gasteiger partial charge in [-0.05, 0) is 19.8 Å². The van der Waals surface area contributed by atoms with Crippen molar-refractivity contribution in [2.24, 2.45) is 0 Å². The highest BCUT2D eigenvalue weighted by molar-refractivity contribution is 5.81. The monoisotopic (exact) mass is 197 g/mol. The lowest BCUT2D eigenvalue weighted by atomic mass is 9.98. The predicted molar refractivity (Wildman–Crippen MR) is 56.0 cm³/mol. The minimum absolute atomic E-state index is 0.0978. The van der Waals surface area contributed by atoms with Gasteiger partial charge in [0.05, 0.1) is 6.61 Å². The first kappa shape index (κ1) is 11.2.